The zero-order valence-electron chi connectivity index (χ0n) is 34.8. The van der Waals surface area contributed by atoms with Gasteiger partial charge in [0.05, 0.1) is 12.1 Å². The molecule has 5 atom stereocenters. The van der Waals surface area contributed by atoms with Gasteiger partial charge >= 0.3 is 0 Å². The average molecular weight is 790 g/mol. The summed E-state index contributed by atoms with van der Waals surface area (Å²) < 4.78 is 0. The highest BCUT2D eigenvalue weighted by molar-refractivity contribution is 6.36. The third kappa shape index (κ3) is 17.2. The number of carbonyl (C=O) groups is 7. The molecule has 0 aromatic heterocycles. The third-order valence-electron chi connectivity index (χ3n) is 10.3. The largest absolute Gasteiger partial charge is 0.363 e. The molecule has 0 saturated heterocycles. The van der Waals surface area contributed by atoms with Gasteiger partial charge < -0.3 is 27.8 Å². The minimum absolute atomic E-state index is 0.0162. The Kier molecular flexibility index (Phi) is 21.9. The van der Waals surface area contributed by atoms with Crippen molar-refractivity contribution >= 4 is 40.9 Å². The number of rotatable bonds is 29. The summed E-state index contributed by atoms with van der Waals surface area (Å²) in [5, 5.41) is 5.65. The Bertz CT molecular complexity index is 1620. The fourth-order valence-electron chi connectivity index (χ4n) is 6.76. The molecule has 12 nitrogen and oxygen atoms in total. The first-order chi connectivity index (χ1) is 27.1. The van der Waals surface area contributed by atoms with E-state index in [2.05, 4.69) is 41.8 Å². The number of hydrogen-bond acceptors (Lipinski definition) is 9. The van der Waals surface area contributed by atoms with E-state index in [-0.39, 0.29) is 36.7 Å². The zero-order chi connectivity index (χ0) is 42.5. The Morgan fingerprint density at radius 3 is 1.68 bits per heavy atom. The van der Waals surface area contributed by atoms with Crippen LogP contribution in [0.5, 0.6) is 0 Å². The normalized spacial score (nSPS) is 13.9. The Labute approximate surface area is 339 Å². The van der Waals surface area contributed by atoms with Crippen LogP contribution in [0.3, 0.4) is 0 Å². The third-order valence-corrected chi connectivity index (χ3v) is 10.3. The van der Waals surface area contributed by atoms with Crippen LogP contribution in [-0.2, 0) is 35.2 Å². The number of ketones is 4. The van der Waals surface area contributed by atoms with Gasteiger partial charge in [-0.1, -0.05) is 96.0 Å². The Morgan fingerprint density at radius 1 is 0.614 bits per heavy atom. The summed E-state index contributed by atoms with van der Waals surface area (Å²) in [4.78, 5) is 91.0. The predicted molar refractivity (Wildman–Crippen MR) is 224 cm³/mol. The van der Waals surface area contributed by atoms with Crippen LogP contribution in [0.1, 0.15) is 128 Å². The number of hydrogen-bond donors (Lipinski definition) is 5. The van der Waals surface area contributed by atoms with Crippen LogP contribution in [0, 0.1) is 23.7 Å². The number of carbonyl (C=O) groups excluding carboxylic acids is 7. The first-order valence-corrected chi connectivity index (χ1v) is 20.7. The highest BCUT2D eigenvalue weighted by Gasteiger charge is 2.32. The molecule has 8 N–H and O–H groups in total. The van der Waals surface area contributed by atoms with E-state index in [0.717, 1.165) is 30.4 Å². The molecule has 0 heterocycles. The van der Waals surface area contributed by atoms with Gasteiger partial charge in [0, 0.05) is 42.6 Å². The number of benzene rings is 2. The van der Waals surface area contributed by atoms with Crippen LogP contribution in [0.2, 0.25) is 0 Å². The highest BCUT2D eigenvalue weighted by atomic mass is 16.2. The fourth-order valence-corrected chi connectivity index (χ4v) is 6.76. The SMILES string of the molecule is CCCCc1ccc(-c2ccc(C(=O)C[C@@H](CCCCN)C(=O)N[C@@H](CCCCN)C(=O)C[C@@H](C)C(=O)N[C@@H](CC(C)C)C(=O)C[C@H](C)C(=O)C(N)=O)cc2)cc1. The summed E-state index contributed by atoms with van der Waals surface area (Å²) in [6, 6.07) is 14.0. The van der Waals surface area contributed by atoms with Crippen molar-refractivity contribution < 1.29 is 33.6 Å². The zero-order valence-corrected chi connectivity index (χ0v) is 34.8. The summed E-state index contributed by atoms with van der Waals surface area (Å²) in [5.41, 5.74) is 20.4. The predicted octanol–water partition coefficient (Wildman–Crippen LogP) is 5.40. The van der Waals surface area contributed by atoms with Crippen LogP contribution >= 0.6 is 0 Å². The minimum atomic E-state index is -1.13. The number of primary amides is 1. The molecule has 0 aliphatic heterocycles. The van der Waals surface area contributed by atoms with Gasteiger partial charge in [0.25, 0.3) is 5.91 Å². The first kappa shape index (κ1) is 48.6. The molecule has 0 fully saturated rings. The van der Waals surface area contributed by atoms with E-state index in [4.69, 9.17) is 17.2 Å². The quantitative estimate of drug-likeness (QED) is 0.0404. The molecule has 0 aliphatic carbocycles. The van der Waals surface area contributed by atoms with Crippen molar-refractivity contribution in [3.8, 4) is 11.1 Å². The maximum Gasteiger partial charge on any atom is 0.285 e. The smallest absolute Gasteiger partial charge is 0.285 e. The summed E-state index contributed by atoms with van der Waals surface area (Å²) in [5.74, 6) is -6.33. The number of unbranched alkanes of at least 4 members (excludes halogenated alkanes) is 3. The van der Waals surface area contributed by atoms with Crippen LogP contribution in [0.4, 0.5) is 0 Å². The molecule has 0 radical (unpaired) electrons. The molecule has 12 heteroatoms. The van der Waals surface area contributed by atoms with Crippen molar-refractivity contribution in [2.24, 2.45) is 40.9 Å². The summed E-state index contributed by atoms with van der Waals surface area (Å²) >= 11 is 0. The topological polar surface area (TPSA) is 222 Å². The first-order valence-electron chi connectivity index (χ1n) is 20.7. The second-order valence-electron chi connectivity index (χ2n) is 15.9. The molecule has 2 aromatic rings. The molecule has 0 aliphatic rings. The van der Waals surface area contributed by atoms with Crippen LogP contribution in [0.25, 0.3) is 11.1 Å². The summed E-state index contributed by atoms with van der Waals surface area (Å²) in [6.45, 7) is 9.79. The molecular formula is C45H67N5O7. The Morgan fingerprint density at radius 2 is 1.14 bits per heavy atom. The van der Waals surface area contributed by atoms with E-state index in [9.17, 15) is 33.6 Å². The number of nitrogens with two attached hydrogens (primary N) is 3. The molecular weight excluding hydrogens is 723 g/mol. The fraction of sp³-hybridized carbons (Fsp3) is 0.578. The van der Waals surface area contributed by atoms with Crippen molar-refractivity contribution in [2.45, 2.75) is 130 Å². The van der Waals surface area contributed by atoms with Gasteiger partial charge in [-0.25, -0.2) is 0 Å². The van der Waals surface area contributed by atoms with Crippen molar-refractivity contribution in [2.75, 3.05) is 13.1 Å². The van der Waals surface area contributed by atoms with Gasteiger partial charge in [0.15, 0.2) is 17.3 Å². The van der Waals surface area contributed by atoms with Gasteiger partial charge in [-0.3, -0.25) is 33.6 Å². The molecule has 2 rings (SSSR count). The van der Waals surface area contributed by atoms with E-state index in [1.54, 1.807) is 19.1 Å². The van der Waals surface area contributed by atoms with Gasteiger partial charge in [0.1, 0.15) is 0 Å². The van der Waals surface area contributed by atoms with Crippen LogP contribution in [-0.4, -0.2) is 66.0 Å². The van der Waals surface area contributed by atoms with Crippen molar-refractivity contribution in [1.82, 2.24) is 10.6 Å². The molecule has 2 aromatic carbocycles. The minimum Gasteiger partial charge on any atom is -0.363 e. The summed E-state index contributed by atoms with van der Waals surface area (Å²) in [6.07, 6.45) is 6.31. The summed E-state index contributed by atoms with van der Waals surface area (Å²) in [7, 11) is 0. The molecule has 0 unspecified atom stereocenters. The second-order valence-corrected chi connectivity index (χ2v) is 15.9. The van der Waals surface area contributed by atoms with E-state index in [0.29, 0.717) is 63.6 Å². The van der Waals surface area contributed by atoms with Gasteiger partial charge in [-0.15, -0.1) is 0 Å². The Balaban J connectivity index is 2.17. The molecule has 0 bridgehead atoms. The van der Waals surface area contributed by atoms with Gasteiger partial charge in [-0.05, 0) is 87.1 Å². The average Bonchev–Trinajstić information content (AvgIpc) is 3.18. The van der Waals surface area contributed by atoms with E-state index in [1.807, 2.05) is 26.0 Å². The molecule has 57 heavy (non-hydrogen) atoms. The van der Waals surface area contributed by atoms with Crippen LogP contribution in [0.15, 0.2) is 48.5 Å². The lowest BCUT2D eigenvalue weighted by Gasteiger charge is -2.25. The number of Topliss-reactive ketones (excluding diaryl/α,β-unsaturated/α-hetero) is 4. The van der Waals surface area contributed by atoms with Crippen molar-refractivity contribution in [1.29, 1.82) is 0 Å². The Hall–Kier alpha value is -4.55. The molecule has 0 spiro atoms. The van der Waals surface area contributed by atoms with E-state index < -0.39 is 59.1 Å². The molecule has 3 amide bonds. The van der Waals surface area contributed by atoms with Gasteiger partial charge in [-0.2, -0.15) is 0 Å². The molecule has 0 saturated carbocycles. The monoisotopic (exact) mass is 790 g/mol. The maximum absolute atomic E-state index is 13.9. The number of nitrogens with one attached hydrogen (secondary N) is 2. The van der Waals surface area contributed by atoms with E-state index >= 15 is 0 Å². The van der Waals surface area contributed by atoms with Crippen molar-refractivity contribution in [3.05, 3.63) is 59.7 Å². The van der Waals surface area contributed by atoms with Crippen molar-refractivity contribution in [3.63, 3.8) is 0 Å². The van der Waals surface area contributed by atoms with Gasteiger partial charge in [0.2, 0.25) is 17.6 Å². The number of amides is 3. The lowest BCUT2D eigenvalue weighted by Crippen LogP contribution is -2.47. The maximum atomic E-state index is 13.9. The lowest BCUT2D eigenvalue weighted by molar-refractivity contribution is -0.139. The van der Waals surface area contributed by atoms with Crippen LogP contribution < -0.4 is 27.8 Å². The standard InChI is InChI=1S/C45H67N5O7/c1-6-7-12-32-15-17-33(18-16-32)34-19-21-35(22-20-34)39(51)28-36(13-8-10-23-46)45(57)49-37(14-9-11-24-47)40(52)27-31(5)44(56)50-38(25-29(2)3)41(53)26-30(4)42(54)43(48)55/h15-22,29-31,36-38H,6-14,23-28,46-47H2,1-5H3,(H2,48,55)(H,49,57)(H,50,56)/t30-,31+,36+,37-,38-/m0/s1. The van der Waals surface area contributed by atoms with E-state index in [1.165, 1.54) is 12.5 Å². The number of aryl methyl sites for hydroxylation is 1. The highest BCUT2D eigenvalue weighted by Crippen LogP contribution is 2.24. The second kappa shape index (κ2) is 25.7. The molecule has 314 valence electrons. The lowest BCUT2D eigenvalue weighted by atomic mass is 9.90.